The van der Waals surface area contributed by atoms with Crippen LogP contribution in [0.15, 0.2) is 0 Å². The van der Waals surface area contributed by atoms with Gasteiger partial charge < -0.3 is 10.6 Å². The van der Waals surface area contributed by atoms with Gasteiger partial charge in [0.05, 0.1) is 0 Å². The topological polar surface area (TPSA) is 92.3 Å². The average Bonchev–Trinajstić information content (AvgIpc) is 2.69. The summed E-state index contributed by atoms with van der Waals surface area (Å²) in [6.07, 6.45) is 9.14. The highest BCUT2D eigenvalue weighted by atomic mass is 16.2. The van der Waals surface area contributed by atoms with Crippen LogP contribution in [0.3, 0.4) is 0 Å². The molecule has 0 spiro atoms. The summed E-state index contributed by atoms with van der Waals surface area (Å²) in [4.78, 5) is 46.5. The Morgan fingerprint density at radius 3 is 1.20 bits per heavy atom. The molecule has 0 heterocycles. The third kappa shape index (κ3) is 17.2. The van der Waals surface area contributed by atoms with E-state index >= 15 is 0 Å². The number of carbonyl (C=O) groups excluding carboxylic acids is 4. The molecule has 0 aromatic carbocycles. The molecule has 0 rings (SSSR count). The van der Waals surface area contributed by atoms with Gasteiger partial charge in [-0.25, -0.2) is 0 Å². The molecule has 0 aliphatic rings. The Morgan fingerprint density at radius 2 is 0.867 bits per heavy atom. The zero-order valence-corrected chi connectivity index (χ0v) is 19.7. The van der Waals surface area contributed by atoms with Crippen LogP contribution in [-0.4, -0.2) is 36.5 Å². The van der Waals surface area contributed by atoms with E-state index < -0.39 is 0 Å². The Labute approximate surface area is 186 Å². The minimum Gasteiger partial charge on any atom is -0.356 e. The van der Waals surface area contributed by atoms with Gasteiger partial charge in [0.15, 0.2) is 0 Å². The number of carbonyl (C=O) groups is 4. The molecule has 0 aromatic heterocycles. The third-order valence-corrected chi connectivity index (χ3v) is 5.19. The van der Waals surface area contributed by atoms with Gasteiger partial charge in [0.2, 0.25) is 11.8 Å². The molecular weight excluding hydrogens is 380 g/mol. The molecule has 0 aliphatic carbocycles. The van der Waals surface area contributed by atoms with Crippen molar-refractivity contribution in [2.75, 3.05) is 13.1 Å². The molecule has 0 saturated carbocycles. The van der Waals surface area contributed by atoms with Gasteiger partial charge in [0.25, 0.3) is 0 Å². The second-order valence-electron chi connectivity index (χ2n) is 8.77. The summed E-state index contributed by atoms with van der Waals surface area (Å²) in [6.45, 7) is 8.99. The van der Waals surface area contributed by atoms with Crippen LogP contribution in [0.5, 0.6) is 0 Å². The summed E-state index contributed by atoms with van der Waals surface area (Å²) >= 11 is 0. The molecule has 0 aromatic rings. The first-order chi connectivity index (χ1) is 14.2. The summed E-state index contributed by atoms with van der Waals surface area (Å²) in [5.41, 5.74) is 0. The Morgan fingerprint density at radius 1 is 0.533 bits per heavy atom. The molecule has 178 valence electrons. The number of hydrogen-bond donors (Lipinski definition) is 2. The Balaban J connectivity index is -0.00000420. The van der Waals surface area contributed by atoms with Crippen molar-refractivity contribution in [3.05, 3.63) is 0 Å². The van der Waals surface area contributed by atoms with E-state index in [0.29, 0.717) is 38.8 Å². The van der Waals surface area contributed by atoms with Gasteiger partial charge >= 0.3 is 0 Å². The number of ketones is 2. The summed E-state index contributed by atoms with van der Waals surface area (Å²) < 4.78 is 0. The zero-order valence-electron chi connectivity index (χ0n) is 19.7. The van der Waals surface area contributed by atoms with Crippen LogP contribution in [-0.2, 0) is 19.2 Å². The number of Topliss-reactive ketones (excluding diaryl/α,β-unsaturated/α-hetero) is 2. The van der Waals surface area contributed by atoms with E-state index in [4.69, 9.17) is 0 Å². The van der Waals surface area contributed by atoms with Gasteiger partial charge in [-0.2, -0.15) is 0 Å². The van der Waals surface area contributed by atoms with Crippen molar-refractivity contribution < 1.29 is 22.0 Å². The van der Waals surface area contributed by atoms with Crippen molar-refractivity contribution in [2.45, 2.75) is 105 Å². The number of amides is 2. The monoisotopic (exact) mass is 428 g/mol. The maximum absolute atomic E-state index is 11.7. The predicted octanol–water partition coefficient (Wildman–Crippen LogP) is 4.84. The molecule has 0 radical (unpaired) electrons. The lowest BCUT2D eigenvalue weighted by atomic mass is 10.0. The Hall–Kier alpha value is -1.72. The van der Waals surface area contributed by atoms with Gasteiger partial charge in [-0.05, 0) is 38.5 Å². The van der Waals surface area contributed by atoms with Crippen molar-refractivity contribution in [2.24, 2.45) is 11.8 Å². The number of unbranched alkanes of at least 4 members (excludes halogenated alkanes) is 5. The van der Waals surface area contributed by atoms with Crippen molar-refractivity contribution in [1.29, 1.82) is 0 Å². The van der Waals surface area contributed by atoms with Crippen LogP contribution in [0, 0.1) is 11.8 Å². The fraction of sp³-hybridized carbons (Fsp3) is 0.833. The third-order valence-electron chi connectivity index (χ3n) is 5.19. The second kappa shape index (κ2) is 18.1. The molecule has 0 unspecified atom stereocenters. The largest absolute Gasteiger partial charge is 0.356 e. The minimum absolute atomic E-state index is 0. The molecule has 0 atom stereocenters. The lowest BCUT2D eigenvalue weighted by molar-refractivity contribution is -0.123. The number of nitrogens with one attached hydrogen (secondary N) is 2. The van der Waals surface area contributed by atoms with Crippen LogP contribution in [0.2, 0.25) is 0 Å². The minimum atomic E-state index is 0. The molecule has 0 aliphatic heterocycles. The van der Waals surface area contributed by atoms with E-state index in [9.17, 15) is 19.2 Å². The summed E-state index contributed by atoms with van der Waals surface area (Å²) in [5, 5.41) is 5.86. The van der Waals surface area contributed by atoms with Crippen molar-refractivity contribution in [3.63, 3.8) is 0 Å². The smallest absolute Gasteiger partial charge is 0.219 e. The fourth-order valence-corrected chi connectivity index (χ4v) is 2.98. The lowest BCUT2D eigenvalue weighted by Gasteiger charge is -2.07. The van der Waals surface area contributed by atoms with E-state index in [0.717, 1.165) is 51.4 Å². The van der Waals surface area contributed by atoms with Crippen molar-refractivity contribution >= 4 is 23.4 Å². The molecule has 6 nitrogen and oxygen atoms in total. The fourth-order valence-electron chi connectivity index (χ4n) is 2.98. The van der Waals surface area contributed by atoms with Gasteiger partial charge in [-0.3, -0.25) is 19.2 Å². The quantitative estimate of drug-likeness (QED) is 0.288. The van der Waals surface area contributed by atoms with Gasteiger partial charge in [0, 0.05) is 53.5 Å². The van der Waals surface area contributed by atoms with Crippen LogP contribution in [0.4, 0.5) is 0 Å². The van der Waals surface area contributed by atoms with Crippen molar-refractivity contribution in [3.8, 4) is 0 Å². The number of rotatable bonds is 19. The first kappa shape index (κ1) is 28.3. The van der Waals surface area contributed by atoms with E-state index in [1.807, 2.05) is 27.7 Å². The lowest BCUT2D eigenvalue weighted by Crippen LogP contribution is -2.25. The second-order valence-corrected chi connectivity index (χ2v) is 8.77. The Bertz CT molecular complexity index is 480. The summed E-state index contributed by atoms with van der Waals surface area (Å²) in [5.74, 6) is 0.829. The molecule has 6 heteroatoms. The molecule has 0 fully saturated rings. The summed E-state index contributed by atoms with van der Waals surface area (Å²) in [7, 11) is 0. The highest BCUT2D eigenvalue weighted by Gasteiger charge is 2.08. The maximum atomic E-state index is 11.7. The number of hydrogen-bond acceptors (Lipinski definition) is 4. The molecule has 2 N–H and O–H groups in total. The highest BCUT2D eigenvalue weighted by molar-refractivity contribution is 5.81. The first-order valence-electron chi connectivity index (χ1n) is 11.8. The maximum Gasteiger partial charge on any atom is 0.219 e. The Kier molecular flexibility index (Phi) is 17.0. The zero-order chi connectivity index (χ0) is 22.8. The summed E-state index contributed by atoms with van der Waals surface area (Å²) in [6, 6.07) is 0. The van der Waals surface area contributed by atoms with Gasteiger partial charge in [-0.15, -0.1) is 0 Å². The highest BCUT2D eigenvalue weighted by Crippen LogP contribution is 2.07. The molecule has 30 heavy (non-hydrogen) atoms. The van der Waals surface area contributed by atoms with Gasteiger partial charge in [0.1, 0.15) is 11.6 Å². The van der Waals surface area contributed by atoms with E-state index in [2.05, 4.69) is 10.6 Å². The standard InChI is InChI=1S/C24H44N2O4.2H2/c1-19(2)21(27)13-7-9-15-23(29)25-17-11-5-6-12-18-26-24(30)16-10-8-14-22(28)20(3)4;;/h19-20H,5-18H2,1-4H3,(H,25,29)(H,26,30);2*1H. The molecule has 0 bridgehead atoms. The van der Waals surface area contributed by atoms with E-state index in [-0.39, 0.29) is 38.1 Å². The predicted molar refractivity (Wildman–Crippen MR) is 125 cm³/mol. The van der Waals surface area contributed by atoms with Crippen LogP contribution in [0.1, 0.15) is 108 Å². The van der Waals surface area contributed by atoms with Crippen LogP contribution in [0.25, 0.3) is 0 Å². The first-order valence-corrected chi connectivity index (χ1v) is 11.8. The van der Waals surface area contributed by atoms with E-state index in [1.165, 1.54) is 0 Å². The van der Waals surface area contributed by atoms with E-state index in [1.54, 1.807) is 0 Å². The molecule has 2 amide bonds. The van der Waals surface area contributed by atoms with Crippen LogP contribution < -0.4 is 10.6 Å². The van der Waals surface area contributed by atoms with Crippen LogP contribution >= 0.6 is 0 Å². The SMILES string of the molecule is CC(C)C(=O)CCCCC(=O)NCCCCCCNC(=O)CCCCC(=O)C(C)C.[HH].[HH]. The average molecular weight is 429 g/mol. The normalized spacial score (nSPS) is 11.0. The van der Waals surface area contributed by atoms with Crippen molar-refractivity contribution in [1.82, 2.24) is 10.6 Å². The molecular formula is C24H48N2O4. The molecule has 0 saturated heterocycles. The van der Waals surface area contributed by atoms with Gasteiger partial charge in [-0.1, -0.05) is 40.5 Å².